The molecule has 134 valence electrons. The van der Waals surface area contributed by atoms with Gasteiger partial charge in [-0.1, -0.05) is 15.9 Å². The van der Waals surface area contributed by atoms with Gasteiger partial charge < -0.3 is 10.6 Å². The van der Waals surface area contributed by atoms with Crippen LogP contribution < -0.4 is 10.6 Å². The van der Waals surface area contributed by atoms with Crippen molar-refractivity contribution in [2.75, 3.05) is 28.7 Å². The molecule has 2 heterocycles. The van der Waals surface area contributed by atoms with E-state index >= 15 is 0 Å². The first-order chi connectivity index (χ1) is 11.8. The summed E-state index contributed by atoms with van der Waals surface area (Å²) in [5.41, 5.74) is 1.57. The lowest BCUT2D eigenvalue weighted by atomic mass is 10.3. The second-order valence-corrected chi connectivity index (χ2v) is 9.23. The van der Waals surface area contributed by atoms with Gasteiger partial charge in [-0.05, 0) is 37.6 Å². The van der Waals surface area contributed by atoms with E-state index in [2.05, 4.69) is 31.7 Å². The molecule has 1 aliphatic heterocycles. The van der Waals surface area contributed by atoms with Gasteiger partial charge >= 0.3 is 0 Å². The zero-order valence-corrected chi connectivity index (χ0v) is 16.1. The highest BCUT2D eigenvalue weighted by atomic mass is 79.9. The lowest BCUT2D eigenvalue weighted by Crippen LogP contribution is -2.24. The molecule has 0 spiro atoms. The van der Waals surface area contributed by atoms with Crippen molar-refractivity contribution in [3.8, 4) is 0 Å². The molecule has 0 bridgehead atoms. The Morgan fingerprint density at radius 2 is 2.08 bits per heavy atom. The fourth-order valence-corrected chi connectivity index (χ4v) is 4.75. The predicted molar refractivity (Wildman–Crippen MR) is 101 cm³/mol. The van der Waals surface area contributed by atoms with Gasteiger partial charge in [0.05, 0.1) is 29.8 Å². The summed E-state index contributed by atoms with van der Waals surface area (Å²) in [6.07, 6.45) is 0.517. The van der Waals surface area contributed by atoms with E-state index in [0.29, 0.717) is 12.2 Å². The molecule has 0 unspecified atom stereocenters. The zero-order valence-electron chi connectivity index (χ0n) is 13.7. The van der Waals surface area contributed by atoms with Crippen LogP contribution in [-0.4, -0.2) is 42.2 Å². The molecule has 1 amide bonds. The van der Waals surface area contributed by atoms with Crippen molar-refractivity contribution in [1.82, 2.24) is 9.78 Å². The average Bonchev–Trinajstić information content (AvgIpc) is 3.08. The number of hydrogen-bond acceptors (Lipinski definition) is 5. The fourth-order valence-electron chi connectivity index (χ4n) is 2.79. The number of anilines is 2. The van der Waals surface area contributed by atoms with Crippen LogP contribution in [0.15, 0.2) is 34.8 Å². The number of nitrogens with zero attached hydrogens (tertiary/aromatic N) is 2. The molecule has 0 aliphatic carbocycles. The number of aromatic nitrogens is 2. The highest BCUT2D eigenvalue weighted by Crippen LogP contribution is 2.27. The van der Waals surface area contributed by atoms with Crippen LogP contribution in [0.4, 0.5) is 11.5 Å². The number of hydrogen-bond donors (Lipinski definition) is 2. The topological polar surface area (TPSA) is 93.1 Å². The summed E-state index contributed by atoms with van der Waals surface area (Å²) in [7, 11) is -3.02. The van der Waals surface area contributed by atoms with Crippen molar-refractivity contribution in [3.63, 3.8) is 0 Å². The summed E-state index contributed by atoms with van der Waals surface area (Å²) in [6, 6.07) is 9.04. The molecule has 1 aliphatic rings. The van der Waals surface area contributed by atoms with Crippen molar-refractivity contribution in [1.29, 1.82) is 0 Å². The van der Waals surface area contributed by atoms with Crippen LogP contribution in [0.5, 0.6) is 0 Å². The second kappa shape index (κ2) is 7.17. The molecule has 0 radical (unpaired) electrons. The molecule has 1 aromatic heterocycles. The van der Waals surface area contributed by atoms with Gasteiger partial charge in [-0.2, -0.15) is 5.10 Å². The maximum Gasteiger partial charge on any atom is 0.244 e. The number of benzene rings is 1. The molecule has 3 rings (SSSR count). The minimum atomic E-state index is -3.02. The van der Waals surface area contributed by atoms with Crippen molar-refractivity contribution >= 4 is 43.2 Å². The van der Waals surface area contributed by atoms with Gasteiger partial charge in [0, 0.05) is 16.2 Å². The molecular weight excluding hydrogens is 408 g/mol. The number of aryl methyl sites for hydroxylation is 1. The van der Waals surface area contributed by atoms with Gasteiger partial charge in [-0.25, -0.2) is 13.1 Å². The van der Waals surface area contributed by atoms with Crippen LogP contribution in [0.25, 0.3) is 0 Å². The van der Waals surface area contributed by atoms with Gasteiger partial charge in [-0.15, -0.1) is 0 Å². The van der Waals surface area contributed by atoms with Gasteiger partial charge in [-0.3, -0.25) is 4.79 Å². The Labute approximate surface area is 154 Å². The molecule has 1 atom stereocenters. The van der Waals surface area contributed by atoms with E-state index < -0.39 is 9.84 Å². The summed E-state index contributed by atoms with van der Waals surface area (Å²) < 4.78 is 26.0. The molecule has 9 heteroatoms. The highest BCUT2D eigenvalue weighted by molar-refractivity contribution is 9.10. The maximum absolute atomic E-state index is 12.2. The molecule has 0 saturated carbocycles. The summed E-state index contributed by atoms with van der Waals surface area (Å²) in [5.74, 6) is 0.538. The SMILES string of the molecule is Cc1cc(NC(=O)CNc2ccc(Br)cc2)n([C@H]2CCS(=O)(=O)C2)n1. The third kappa shape index (κ3) is 4.60. The Hall–Kier alpha value is -1.87. The fraction of sp³-hybridized carbons (Fsp3) is 0.375. The van der Waals surface area contributed by atoms with E-state index in [1.54, 1.807) is 10.7 Å². The van der Waals surface area contributed by atoms with Crippen LogP contribution in [0, 0.1) is 6.92 Å². The number of sulfone groups is 1. The van der Waals surface area contributed by atoms with E-state index in [0.717, 1.165) is 15.9 Å². The van der Waals surface area contributed by atoms with E-state index in [9.17, 15) is 13.2 Å². The smallest absolute Gasteiger partial charge is 0.244 e. The predicted octanol–water partition coefficient (Wildman–Crippen LogP) is 2.36. The van der Waals surface area contributed by atoms with Crippen molar-refractivity contribution in [2.45, 2.75) is 19.4 Å². The first-order valence-corrected chi connectivity index (χ1v) is 10.5. The largest absolute Gasteiger partial charge is 0.376 e. The van der Waals surface area contributed by atoms with Crippen LogP contribution in [0.1, 0.15) is 18.2 Å². The van der Waals surface area contributed by atoms with Crippen molar-refractivity contribution < 1.29 is 13.2 Å². The molecule has 2 N–H and O–H groups in total. The number of nitrogens with one attached hydrogen (secondary N) is 2. The first-order valence-electron chi connectivity index (χ1n) is 7.88. The quantitative estimate of drug-likeness (QED) is 0.765. The first kappa shape index (κ1) is 17.9. The molecule has 25 heavy (non-hydrogen) atoms. The lowest BCUT2D eigenvalue weighted by Gasteiger charge is -2.14. The number of halogens is 1. The Morgan fingerprint density at radius 1 is 1.36 bits per heavy atom. The molecular formula is C16H19BrN4O3S. The lowest BCUT2D eigenvalue weighted by molar-refractivity contribution is -0.114. The third-order valence-electron chi connectivity index (χ3n) is 3.98. The Kier molecular flexibility index (Phi) is 5.14. The monoisotopic (exact) mass is 426 g/mol. The number of amides is 1. The van der Waals surface area contributed by atoms with Crippen molar-refractivity contribution in [2.24, 2.45) is 0 Å². The van der Waals surface area contributed by atoms with Crippen LogP contribution in [0.3, 0.4) is 0 Å². The maximum atomic E-state index is 12.2. The Morgan fingerprint density at radius 3 is 2.72 bits per heavy atom. The normalized spacial score (nSPS) is 18.9. The Balaban J connectivity index is 1.64. The Bertz CT molecular complexity index is 877. The molecule has 7 nitrogen and oxygen atoms in total. The number of rotatable bonds is 5. The minimum absolute atomic E-state index is 0.0636. The van der Waals surface area contributed by atoms with E-state index in [1.165, 1.54) is 0 Å². The van der Waals surface area contributed by atoms with E-state index in [-0.39, 0.29) is 30.0 Å². The van der Waals surface area contributed by atoms with Gasteiger partial charge in [0.25, 0.3) is 0 Å². The summed E-state index contributed by atoms with van der Waals surface area (Å²) in [4.78, 5) is 12.2. The second-order valence-electron chi connectivity index (χ2n) is 6.08. The van der Waals surface area contributed by atoms with Gasteiger partial charge in [0.2, 0.25) is 5.91 Å². The van der Waals surface area contributed by atoms with Gasteiger partial charge in [0.15, 0.2) is 9.84 Å². The van der Waals surface area contributed by atoms with Crippen molar-refractivity contribution in [3.05, 3.63) is 40.5 Å². The summed E-state index contributed by atoms with van der Waals surface area (Å²) in [6.45, 7) is 1.92. The summed E-state index contributed by atoms with van der Waals surface area (Å²) >= 11 is 3.36. The van der Waals surface area contributed by atoms with E-state index in [1.807, 2.05) is 31.2 Å². The van der Waals surface area contributed by atoms with Gasteiger partial charge in [0.1, 0.15) is 5.82 Å². The van der Waals surface area contributed by atoms with Crippen LogP contribution in [-0.2, 0) is 14.6 Å². The number of carbonyl (C=O) groups excluding carboxylic acids is 1. The van der Waals surface area contributed by atoms with E-state index in [4.69, 9.17) is 0 Å². The van der Waals surface area contributed by atoms with Crippen LogP contribution in [0.2, 0.25) is 0 Å². The molecule has 1 saturated heterocycles. The van der Waals surface area contributed by atoms with Crippen LogP contribution >= 0.6 is 15.9 Å². The number of carbonyl (C=O) groups is 1. The highest BCUT2D eigenvalue weighted by Gasteiger charge is 2.31. The minimum Gasteiger partial charge on any atom is -0.376 e. The molecule has 2 aromatic rings. The average molecular weight is 427 g/mol. The zero-order chi connectivity index (χ0) is 18.0. The summed E-state index contributed by atoms with van der Waals surface area (Å²) in [5, 5.41) is 10.2. The standard InChI is InChI=1S/C16H19BrN4O3S/c1-11-8-15(21(20-11)14-6-7-25(23,24)10-14)19-16(22)9-18-13-4-2-12(17)3-5-13/h2-5,8,14,18H,6-7,9-10H2,1H3,(H,19,22)/t14-/m0/s1. The molecule has 1 fully saturated rings. The molecule has 1 aromatic carbocycles. The third-order valence-corrected chi connectivity index (χ3v) is 6.26.